The number of carbonyl (C=O) groups is 5. The molecule has 1 atom stereocenters. The van der Waals surface area contributed by atoms with Gasteiger partial charge in [0.1, 0.15) is 0 Å². The Morgan fingerprint density at radius 3 is 2.10 bits per heavy atom. The summed E-state index contributed by atoms with van der Waals surface area (Å²) in [5.41, 5.74) is 0.773. The van der Waals surface area contributed by atoms with Crippen LogP contribution in [0.2, 0.25) is 0 Å². The Kier molecular flexibility index (Phi) is 5.00. The van der Waals surface area contributed by atoms with E-state index in [1.54, 1.807) is 36.4 Å². The zero-order valence-electron chi connectivity index (χ0n) is 15.4. The van der Waals surface area contributed by atoms with Gasteiger partial charge in [-0.1, -0.05) is 24.3 Å². The summed E-state index contributed by atoms with van der Waals surface area (Å²) >= 11 is 0.713. The molecule has 2 N–H and O–H groups in total. The molecule has 2 heterocycles. The Balaban J connectivity index is 1.44. The van der Waals surface area contributed by atoms with Crippen molar-refractivity contribution < 1.29 is 29.1 Å². The van der Waals surface area contributed by atoms with Crippen LogP contribution in [0.4, 0.5) is 10.5 Å². The second-order valence-corrected chi connectivity index (χ2v) is 7.61. The molecule has 4 rings (SSSR count). The standard InChI is InChI=1S/C20H15N3O6S/c24-16-11-5-1-2-6-12(11)17(25)22(16)9-10-23-18(26)15(30-20(23)29)21-14-8-4-3-7-13(14)19(27)28/h1-8,15,21H,9-10H2,(H,27,28)/t15-/m0/s1. The van der Waals surface area contributed by atoms with E-state index in [-0.39, 0.29) is 24.3 Å². The predicted molar refractivity (Wildman–Crippen MR) is 107 cm³/mol. The quantitative estimate of drug-likeness (QED) is 0.675. The highest BCUT2D eigenvalue weighted by atomic mass is 32.2. The molecule has 2 aromatic rings. The van der Waals surface area contributed by atoms with E-state index in [0.717, 1.165) is 9.80 Å². The van der Waals surface area contributed by atoms with Crippen LogP contribution in [0.15, 0.2) is 48.5 Å². The van der Waals surface area contributed by atoms with Crippen LogP contribution >= 0.6 is 11.8 Å². The molecule has 4 amide bonds. The molecule has 0 unspecified atom stereocenters. The second kappa shape index (κ2) is 7.64. The van der Waals surface area contributed by atoms with Gasteiger partial charge in [0.15, 0.2) is 5.37 Å². The molecule has 1 fully saturated rings. The third-order valence-electron chi connectivity index (χ3n) is 4.80. The van der Waals surface area contributed by atoms with Gasteiger partial charge >= 0.3 is 5.97 Å². The van der Waals surface area contributed by atoms with Crippen LogP contribution in [-0.2, 0) is 4.79 Å². The molecule has 0 spiro atoms. The number of fused-ring (bicyclic) bond motifs is 1. The summed E-state index contributed by atoms with van der Waals surface area (Å²) in [6.07, 6.45) is 0. The van der Waals surface area contributed by atoms with E-state index in [0.29, 0.717) is 22.9 Å². The summed E-state index contributed by atoms with van der Waals surface area (Å²) in [5, 5.41) is 10.5. The fourth-order valence-corrected chi connectivity index (χ4v) is 4.24. The van der Waals surface area contributed by atoms with Crippen LogP contribution in [0.3, 0.4) is 0 Å². The largest absolute Gasteiger partial charge is 0.478 e. The minimum atomic E-state index is -1.16. The van der Waals surface area contributed by atoms with Crippen molar-refractivity contribution in [2.75, 3.05) is 18.4 Å². The number of hydrogen-bond donors (Lipinski definition) is 2. The first-order valence-electron chi connectivity index (χ1n) is 8.94. The molecule has 2 aromatic carbocycles. The summed E-state index contributed by atoms with van der Waals surface area (Å²) < 4.78 is 0. The summed E-state index contributed by atoms with van der Waals surface area (Å²) in [4.78, 5) is 63.1. The van der Waals surface area contributed by atoms with E-state index in [4.69, 9.17) is 0 Å². The maximum atomic E-state index is 12.7. The molecule has 1 saturated heterocycles. The minimum Gasteiger partial charge on any atom is -0.478 e. The number of rotatable bonds is 6. The number of aromatic carboxylic acids is 1. The number of benzene rings is 2. The second-order valence-electron chi connectivity index (χ2n) is 6.56. The number of nitrogens with zero attached hydrogens (tertiary/aromatic N) is 2. The monoisotopic (exact) mass is 425 g/mol. The molecular weight excluding hydrogens is 410 g/mol. The van der Waals surface area contributed by atoms with Crippen molar-refractivity contribution in [3.05, 3.63) is 65.2 Å². The van der Waals surface area contributed by atoms with E-state index in [1.165, 1.54) is 12.1 Å². The molecule has 2 aliphatic heterocycles. The van der Waals surface area contributed by atoms with Crippen LogP contribution in [0.1, 0.15) is 31.1 Å². The van der Waals surface area contributed by atoms with Crippen LogP contribution < -0.4 is 5.32 Å². The molecule has 30 heavy (non-hydrogen) atoms. The summed E-state index contributed by atoms with van der Waals surface area (Å²) in [7, 11) is 0. The molecule has 0 radical (unpaired) electrons. The van der Waals surface area contributed by atoms with Crippen molar-refractivity contribution in [2.24, 2.45) is 0 Å². The first kappa shape index (κ1) is 19.6. The molecular formula is C20H15N3O6S. The molecule has 0 aliphatic carbocycles. The van der Waals surface area contributed by atoms with E-state index in [1.807, 2.05) is 0 Å². The van der Waals surface area contributed by atoms with Gasteiger partial charge in [0.25, 0.3) is 23.0 Å². The third kappa shape index (κ3) is 3.30. The van der Waals surface area contributed by atoms with E-state index >= 15 is 0 Å². The smallest absolute Gasteiger partial charge is 0.337 e. The number of imide groups is 2. The first-order chi connectivity index (χ1) is 14.4. The fourth-order valence-electron chi connectivity index (χ4n) is 3.32. The molecule has 0 saturated carbocycles. The molecule has 2 aliphatic rings. The van der Waals surface area contributed by atoms with Gasteiger partial charge in [0, 0.05) is 18.8 Å². The average Bonchev–Trinajstić information content (AvgIpc) is 3.14. The number of amides is 4. The lowest BCUT2D eigenvalue weighted by Crippen LogP contribution is -2.42. The normalized spacial score (nSPS) is 18.2. The maximum Gasteiger partial charge on any atom is 0.337 e. The fraction of sp³-hybridized carbons (Fsp3) is 0.150. The number of nitrogens with one attached hydrogen (secondary N) is 1. The Bertz CT molecular complexity index is 1070. The summed E-state index contributed by atoms with van der Waals surface area (Å²) in [6, 6.07) is 12.5. The number of carboxylic acid groups (broad SMARTS) is 1. The third-order valence-corrected chi connectivity index (χ3v) is 5.78. The highest BCUT2D eigenvalue weighted by Gasteiger charge is 2.42. The molecule has 0 bridgehead atoms. The lowest BCUT2D eigenvalue weighted by atomic mass is 10.1. The van der Waals surface area contributed by atoms with Crippen LogP contribution in [0, 0.1) is 0 Å². The van der Waals surface area contributed by atoms with Gasteiger partial charge in [0.2, 0.25) is 0 Å². The summed E-state index contributed by atoms with van der Waals surface area (Å²) in [6.45, 7) is -0.266. The van der Waals surface area contributed by atoms with Crippen molar-refractivity contribution >= 4 is 46.4 Å². The van der Waals surface area contributed by atoms with Crippen LogP contribution in [0.5, 0.6) is 0 Å². The average molecular weight is 425 g/mol. The summed E-state index contributed by atoms with van der Waals surface area (Å²) in [5.74, 6) is -2.66. The van der Waals surface area contributed by atoms with E-state index in [2.05, 4.69) is 5.32 Å². The van der Waals surface area contributed by atoms with Gasteiger partial charge in [-0.15, -0.1) is 0 Å². The van der Waals surface area contributed by atoms with Crippen LogP contribution in [-0.4, -0.2) is 62.3 Å². The molecule has 9 nitrogen and oxygen atoms in total. The number of para-hydroxylation sites is 1. The van der Waals surface area contributed by atoms with Crippen molar-refractivity contribution in [1.82, 2.24) is 9.80 Å². The Labute approximate surface area is 174 Å². The van der Waals surface area contributed by atoms with Gasteiger partial charge in [0.05, 0.1) is 16.7 Å². The number of thioether (sulfide) groups is 1. The highest BCUT2D eigenvalue weighted by Crippen LogP contribution is 2.30. The Morgan fingerprint density at radius 2 is 1.47 bits per heavy atom. The maximum absolute atomic E-state index is 12.7. The predicted octanol–water partition coefficient (Wildman–Crippen LogP) is 2.11. The number of hydrogen-bond acceptors (Lipinski definition) is 7. The first-order valence-corrected chi connectivity index (χ1v) is 9.82. The van der Waals surface area contributed by atoms with Gasteiger partial charge in [-0.05, 0) is 36.0 Å². The van der Waals surface area contributed by atoms with Gasteiger partial charge in [-0.25, -0.2) is 4.79 Å². The van der Waals surface area contributed by atoms with Gasteiger partial charge in [-0.2, -0.15) is 0 Å². The van der Waals surface area contributed by atoms with Crippen molar-refractivity contribution in [1.29, 1.82) is 0 Å². The zero-order chi connectivity index (χ0) is 21.4. The van der Waals surface area contributed by atoms with Crippen molar-refractivity contribution in [2.45, 2.75) is 5.37 Å². The SMILES string of the molecule is O=C(O)c1ccccc1N[C@H]1SC(=O)N(CCN2C(=O)c3ccccc3C2=O)C1=O. The zero-order valence-corrected chi connectivity index (χ0v) is 16.2. The van der Waals surface area contributed by atoms with E-state index < -0.39 is 34.3 Å². The van der Waals surface area contributed by atoms with Gasteiger partial charge in [-0.3, -0.25) is 29.0 Å². The molecule has 10 heteroatoms. The number of carboxylic acids is 1. The van der Waals surface area contributed by atoms with Crippen molar-refractivity contribution in [3.63, 3.8) is 0 Å². The van der Waals surface area contributed by atoms with E-state index in [9.17, 15) is 29.1 Å². The highest BCUT2D eigenvalue weighted by molar-refractivity contribution is 8.15. The van der Waals surface area contributed by atoms with Gasteiger partial charge < -0.3 is 10.4 Å². The van der Waals surface area contributed by atoms with Crippen molar-refractivity contribution in [3.8, 4) is 0 Å². The van der Waals surface area contributed by atoms with Crippen LogP contribution in [0.25, 0.3) is 0 Å². The molecule has 0 aromatic heterocycles. The Morgan fingerprint density at radius 1 is 0.900 bits per heavy atom. The lowest BCUT2D eigenvalue weighted by Gasteiger charge is -2.19. The topological polar surface area (TPSA) is 124 Å². The Hall–Kier alpha value is -3.66. The number of carbonyl (C=O) groups excluding carboxylic acids is 4. The minimum absolute atomic E-state index is 0.0252. The lowest BCUT2D eigenvalue weighted by molar-refractivity contribution is -0.126. The number of anilines is 1. The molecule has 152 valence electrons.